The van der Waals surface area contributed by atoms with E-state index in [9.17, 15) is 9.18 Å². The summed E-state index contributed by atoms with van der Waals surface area (Å²) in [5.74, 6) is 0.166. The molecule has 10 heteroatoms. The van der Waals surface area contributed by atoms with Gasteiger partial charge in [0.15, 0.2) is 18.2 Å². The van der Waals surface area contributed by atoms with E-state index in [0.29, 0.717) is 35.1 Å². The number of carbonyl (C=O) groups excluding carboxylic acids is 1. The van der Waals surface area contributed by atoms with Gasteiger partial charge in [-0.25, -0.2) is 8.78 Å². The van der Waals surface area contributed by atoms with E-state index in [1.807, 2.05) is 4.90 Å². The summed E-state index contributed by atoms with van der Waals surface area (Å²) in [7, 11) is 0. The molecule has 0 fully saturated rings. The molecule has 31 heavy (non-hydrogen) atoms. The third-order valence-electron chi connectivity index (χ3n) is 5.23. The zero-order valence-electron chi connectivity index (χ0n) is 16.5. The third-order valence-corrected chi connectivity index (χ3v) is 5.23. The number of nitrogens with one attached hydrogen (secondary N) is 1. The van der Waals surface area contributed by atoms with Crippen LogP contribution in [0.4, 0.5) is 20.2 Å². The Morgan fingerprint density at radius 3 is 2.87 bits per heavy atom. The van der Waals surface area contributed by atoms with Crippen molar-refractivity contribution < 1.29 is 27.6 Å². The monoisotopic (exact) mass is 428 g/mol. The summed E-state index contributed by atoms with van der Waals surface area (Å²) in [6.07, 6.45) is 0.365. The van der Waals surface area contributed by atoms with Crippen LogP contribution in [0, 0.1) is 18.6 Å². The smallest absolute Gasteiger partial charge is 0.262 e. The molecule has 0 unspecified atom stereocenters. The highest BCUT2D eigenvalue weighted by Gasteiger charge is 2.31. The number of aryl methyl sites for hydroxylation is 1. The molecule has 0 radical (unpaired) electrons. The number of hydrogen-bond donors (Lipinski definition) is 1. The van der Waals surface area contributed by atoms with E-state index >= 15 is 4.39 Å². The molecule has 3 heterocycles. The van der Waals surface area contributed by atoms with Gasteiger partial charge >= 0.3 is 0 Å². The van der Waals surface area contributed by atoms with Gasteiger partial charge in [-0.2, -0.15) is 4.98 Å². The Hall–Kier alpha value is -3.69. The van der Waals surface area contributed by atoms with E-state index in [0.717, 1.165) is 0 Å². The van der Waals surface area contributed by atoms with Crippen molar-refractivity contribution in [2.75, 3.05) is 23.4 Å². The Morgan fingerprint density at radius 2 is 2.06 bits per heavy atom. The van der Waals surface area contributed by atoms with Gasteiger partial charge in [-0.3, -0.25) is 4.79 Å². The lowest BCUT2D eigenvalue weighted by molar-refractivity contribution is -0.118. The zero-order chi connectivity index (χ0) is 21.5. The number of ether oxygens (including phenoxy) is 2. The number of benzene rings is 2. The van der Waals surface area contributed by atoms with Crippen molar-refractivity contribution in [2.24, 2.45) is 0 Å². The number of carbonyl (C=O) groups is 1. The summed E-state index contributed by atoms with van der Waals surface area (Å²) in [6.45, 7) is 1.94. The first-order valence-corrected chi connectivity index (χ1v) is 9.70. The molecule has 0 spiro atoms. The Morgan fingerprint density at radius 1 is 1.19 bits per heavy atom. The second-order valence-electron chi connectivity index (χ2n) is 7.39. The van der Waals surface area contributed by atoms with Crippen molar-refractivity contribution in [3.8, 4) is 11.5 Å². The second kappa shape index (κ2) is 7.53. The average Bonchev–Trinajstić information content (AvgIpc) is 3.16. The van der Waals surface area contributed by atoms with E-state index in [1.54, 1.807) is 25.1 Å². The van der Waals surface area contributed by atoms with Crippen molar-refractivity contribution in [2.45, 2.75) is 25.9 Å². The summed E-state index contributed by atoms with van der Waals surface area (Å²) < 4.78 is 45.2. The molecule has 2 aliphatic rings. The minimum Gasteiger partial charge on any atom is -0.489 e. The Labute approximate surface area is 175 Å². The van der Waals surface area contributed by atoms with E-state index in [1.165, 1.54) is 12.1 Å². The van der Waals surface area contributed by atoms with Crippen LogP contribution in [0.2, 0.25) is 0 Å². The molecule has 0 saturated carbocycles. The lowest BCUT2D eigenvalue weighted by atomic mass is 10.1. The quantitative estimate of drug-likeness (QED) is 0.683. The molecule has 1 atom stereocenters. The van der Waals surface area contributed by atoms with Crippen LogP contribution in [0.25, 0.3) is 0 Å². The predicted molar refractivity (Wildman–Crippen MR) is 105 cm³/mol. The maximum atomic E-state index is 15.2. The van der Waals surface area contributed by atoms with Crippen LogP contribution in [0.5, 0.6) is 11.5 Å². The SMILES string of the molecule is Cc1noc(C[C@@H]2COc3cc(F)ccc3N2Cc2ccc3c(c2F)NC(=O)CO3)n1. The number of hydrogen-bond acceptors (Lipinski definition) is 7. The molecular weight excluding hydrogens is 410 g/mol. The topological polar surface area (TPSA) is 89.7 Å². The maximum Gasteiger partial charge on any atom is 0.262 e. The van der Waals surface area contributed by atoms with Gasteiger partial charge in [0.2, 0.25) is 5.89 Å². The van der Waals surface area contributed by atoms with Gasteiger partial charge in [0, 0.05) is 18.2 Å². The molecule has 8 nitrogen and oxygen atoms in total. The lowest BCUT2D eigenvalue weighted by Gasteiger charge is -2.38. The average molecular weight is 428 g/mol. The maximum absolute atomic E-state index is 15.2. The van der Waals surface area contributed by atoms with Crippen molar-refractivity contribution in [3.05, 3.63) is 59.2 Å². The van der Waals surface area contributed by atoms with Crippen LogP contribution in [-0.4, -0.2) is 35.3 Å². The Balaban J connectivity index is 1.50. The summed E-state index contributed by atoms with van der Waals surface area (Å²) in [5, 5.41) is 6.33. The minimum absolute atomic E-state index is 0.0189. The van der Waals surface area contributed by atoms with E-state index < -0.39 is 17.5 Å². The summed E-state index contributed by atoms with van der Waals surface area (Å²) in [6, 6.07) is 7.18. The zero-order valence-corrected chi connectivity index (χ0v) is 16.5. The first-order valence-electron chi connectivity index (χ1n) is 9.70. The molecule has 3 aromatic rings. The molecule has 0 saturated heterocycles. The molecule has 1 aromatic heterocycles. The number of aromatic nitrogens is 2. The van der Waals surface area contributed by atoms with Gasteiger partial charge in [0.25, 0.3) is 5.91 Å². The van der Waals surface area contributed by atoms with Crippen molar-refractivity contribution in [3.63, 3.8) is 0 Å². The number of halogens is 2. The number of fused-ring (bicyclic) bond motifs is 2. The van der Waals surface area contributed by atoms with Gasteiger partial charge in [-0.05, 0) is 25.1 Å². The first kappa shape index (κ1) is 19.3. The van der Waals surface area contributed by atoms with Crippen LogP contribution in [-0.2, 0) is 17.8 Å². The Bertz CT molecular complexity index is 1170. The molecule has 2 aliphatic heterocycles. The second-order valence-corrected chi connectivity index (χ2v) is 7.39. The van der Waals surface area contributed by atoms with Gasteiger partial charge in [-0.15, -0.1) is 0 Å². The highest BCUT2D eigenvalue weighted by molar-refractivity contribution is 5.95. The van der Waals surface area contributed by atoms with Crippen LogP contribution < -0.4 is 19.7 Å². The van der Waals surface area contributed by atoms with E-state index in [2.05, 4.69) is 15.5 Å². The molecule has 1 N–H and O–H groups in total. The molecule has 2 aromatic carbocycles. The predicted octanol–water partition coefficient (Wildman–Crippen LogP) is 3.00. The fraction of sp³-hybridized carbons (Fsp3) is 0.286. The summed E-state index contributed by atoms with van der Waals surface area (Å²) >= 11 is 0. The standard InChI is InChI=1S/C21H18F2N4O4/c1-11-24-19(31-26-11)7-14-9-29-17-6-13(22)3-4-15(17)27(14)8-12-2-5-16-21(20(12)23)25-18(28)10-30-16/h2-6,14H,7-10H2,1H3,(H,25,28)/t14-/m1/s1. The van der Waals surface area contributed by atoms with Crippen molar-refractivity contribution in [1.29, 1.82) is 0 Å². The fourth-order valence-electron chi connectivity index (χ4n) is 3.78. The van der Waals surface area contributed by atoms with Gasteiger partial charge in [0.1, 0.15) is 29.6 Å². The molecule has 0 bridgehead atoms. The number of amides is 1. The molecule has 0 aliphatic carbocycles. The fourth-order valence-corrected chi connectivity index (χ4v) is 3.78. The summed E-state index contributed by atoms with van der Waals surface area (Å²) in [4.78, 5) is 17.8. The van der Waals surface area contributed by atoms with E-state index in [4.69, 9.17) is 14.0 Å². The van der Waals surface area contributed by atoms with Gasteiger partial charge in [-0.1, -0.05) is 11.2 Å². The van der Waals surface area contributed by atoms with E-state index in [-0.39, 0.29) is 37.2 Å². The lowest BCUT2D eigenvalue weighted by Crippen LogP contribution is -2.44. The first-order chi connectivity index (χ1) is 15.0. The van der Waals surface area contributed by atoms with Crippen LogP contribution >= 0.6 is 0 Å². The Kier molecular flexibility index (Phi) is 4.68. The number of rotatable bonds is 4. The molecule has 160 valence electrons. The van der Waals surface area contributed by atoms with Gasteiger partial charge in [0.05, 0.1) is 18.2 Å². The number of nitrogens with zero attached hydrogens (tertiary/aromatic N) is 3. The van der Waals surface area contributed by atoms with Gasteiger partial charge < -0.3 is 24.2 Å². The normalized spacial score (nSPS) is 17.3. The largest absolute Gasteiger partial charge is 0.489 e. The minimum atomic E-state index is -0.576. The van der Waals surface area contributed by atoms with Crippen LogP contribution in [0.1, 0.15) is 17.3 Å². The summed E-state index contributed by atoms with van der Waals surface area (Å²) in [5.41, 5.74) is 0.977. The highest BCUT2D eigenvalue weighted by Crippen LogP contribution is 2.38. The molecule has 5 rings (SSSR count). The molecular formula is C21H18F2N4O4. The highest BCUT2D eigenvalue weighted by atomic mass is 19.1. The van der Waals surface area contributed by atoms with Crippen molar-refractivity contribution in [1.82, 2.24) is 10.1 Å². The van der Waals surface area contributed by atoms with Crippen molar-refractivity contribution >= 4 is 17.3 Å². The van der Waals surface area contributed by atoms with Crippen LogP contribution in [0.15, 0.2) is 34.9 Å². The molecule has 1 amide bonds. The van der Waals surface area contributed by atoms with Crippen LogP contribution in [0.3, 0.4) is 0 Å². The number of anilines is 2. The third kappa shape index (κ3) is 3.65.